The Balaban J connectivity index is 0.00000274. The Morgan fingerprint density at radius 3 is 2.47 bits per heavy atom. The van der Waals surface area contributed by atoms with Crippen molar-refractivity contribution in [2.45, 2.75) is 19.9 Å². The lowest BCUT2D eigenvalue weighted by molar-refractivity contribution is 0.250. The van der Waals surface area contributed by atoms with Crippen molar-refractivity contribution in [1.29, 1.82) is 0 Å². The Hall–Kier alpha value is -2.75. The Morgan fingerprint density at radius 2 is 1.76 bits per heavy atom. The van der Waals surface area contributed by atoms with Crippen LogP contribution < -0.4 is 16.1 Å². The number of rotatable bonds is 5. The van der Waals surface area contributed by atoms with Gasteiger partial charge in [-0.05, 0) is 38.1 Å². The number of aromatic nitrogens is 5. The summed E-state index contributed by atoms with van der Waals surface area (Å²) < 4.78 is 6.51. The molecule has 0 N–H and O–H groups in total. The summed E-state index contributed by atoms with van der Waals surface area (Å²) in [6, 6.07) is 8.03. The number of benzene rings is 1. The van der Waals surface area contributed by atoms with Gasteiger partial charge < -0.3 is 9.47 Å². The fourth-order valence-electron chi connectivity index (χ4n) is 4.76. The van der Waals surface area contributed by atoms with Crippen LogP contribution >= 0.6 is 24.0 Å². The molecule has 0 bridgehead atoms. The third-order valence-electron chi connectivity index (χ3n) is 6.66. The van der Waals surface area contributed by atoms with Gasteiger partial charge in [0.05, 0.1) is 0 Å². The average Bonchev–Trinajstić information content (AvgIpc) is 3.32. The first kappa shape index (κ1) is 24.4. The minimum absolute atomic E-state index is 0. The van der Waals surface area contributed by atoms with Gasteiger partial charge in [0.2, 0.25) is 5.78 Å². The number of anilines is 1. The lowest BCUT2D eigenvalue weighted by Crippen LogP contribution is -2.46. The van der Waals surface area contributed by atoms with Crippen LogP contribution in [0.25, 0.3) is 16.9 Å². The zero-order valence-electron chi connectivity index (χ0n) is 19.6. The predicted octanol–water partition coefficient (Wildman–Crippen LogP) is 2.28. The molecule has 1 aliphatic rings. The van der Waals surface area contributed by atoms with Crippen LogP contribution in [0.4, 0.5) is 5.69 Å². The maximum Gasteiger partial charge on any atom is 0.332 e. The zero-order valence-corrected chi connectivity index (χ0v) is 21.1. The Bertz CT molecular complexity index is 1460. The molecule has 0 spiro atoms. The molecule has 1 fully saturated rings. The van der Waals surface area contributed by atoms with Crippen LogP contribution in [0.5, 0.6) is 0 Å². The first-order valence-electron chi connectivity index (χ1n) is 11.2. The van der Waals surface area contributed by atoms with E-state index in [0.717, 1.165) is 61.0 Å². The van der Waals surface area contributed by atoms with E-state index in [1.807, 2.05) is 35.7 Å². The van der Waals surface area contributed by atoms with E-state index in [1.165, 1.54) is 17.3 Å². The van der Waals surface area contributed by atoms with Gasteiger partial charge in [-0.15, -0.1) is 12.4 Å². The lowest BCUT2D eigenvalue weighted by Gasteiger charge is -2.36. The van der Waals surface area contributed by atoms with Crippen molar-refractivity contribution in [2.75, 3.05) is 37.6 Å². The van der Waals surface area contributed by atoms with Crippen LogP contribution in [0.1, 0.15) is 12.1 Å². The molecule has 182 valence electrons. The van der Waals surface area contributed by atoms with Crippen molar-refractivity contribution in [3.05, 3.63) is 62.0 Å². The van der Waals surface area contributed by atoms with E-state index in [1.54, 1.807) is 7.05 Å². The van der Waals surface area contributed by atoms with Gasteiger partial charge in [0.25, 0.3) is 5.56 Å². The summed E-state index contributed by atoms with van der Waals surface area (Å²) in [6.07, 6.45) is 2.91. The molecule has 5 rings (SSSR count). The second kappa shape index (κ2) is 9.48. The minimum Gasteiger partial charge on any atom is -0.369 e. The van der Waals surface area contributed by atoms with Crippen molar-refractivity contribution in [1.82, 2.24) is 28.0 Å². The Labute approximate surface area is 208 Å². The van der Waals surface area contributed by atoms with Crippen LogP contribution in [-0.4, -0.2) is 60.7 Å². The van der Waals surface area contributed by atoms with Crippen molar-refractivity contribution in [3.8, 4) is 0 Å². The van der Waals surface area contributed by atoms with E-state index in [0.29, 0.717) is 16.9 Å². The molecule has 0 unspecified atom stereocenters. The SMILES string of the molecule is Cc1cn2c3c(=O)n(C)c(=O)n(C)c3nc2n1CCCN1CCN(c2cccc(Cl)c2)CC1.Cl. The number of halogens is 2. The number of aryl methyl sites for hydroxylation is 3. The van der Waals surface area contributed by atoms with Crippen LogP contribution in [0.3, 0.4) is 0 Å². The topological polar surface area (TPSA) is 72.7 Å². The monoisotopic (exact) mass is 505 g/mol. The Kier molecular flexibility index (Phi) is 6.80. The van der Waals surface area contributed by atoms with Gasteiger partial charge in [0.1, 0.15) is 0 Å². The second-order valence-corrected chi connectivity index (χ2v) is 9.18. The van der Waals surface area contributed by atoms with Gasteiger partial charge in [-0.3, -0.25) is 23.2 Å². The maximum absolute atomic E-state index is 12.7. The Morgan fingerprint density at radius 1 is 1.03 bits per heavy atom. The molecule has 0 amide bonds. The number of piperazine rings is 1. The van der Waals surface area contributed by atoms with E-state index in [9.17, 15) is 9.59 Å². The molecule has 0 radical (unpaired) electrons. The maximum atomic E-state index is 12.7. The number of hydrogen-bond acceptors (Lipinski definition) is 5. The van der Waals surface area contributed by atoms with Crippen molar-refractivity contribution in [3.63, 3.8) is 0 Å². The summed E-state index contributed by atoms with van der Waals surface area (Å²) in [6.45, 7) is 7.81. The fourth-order valence-corrected chi connectivity index (χ4v) is 4.95. The lowest BCUT2D eigenvalue weighted by atomic mass is 10.2. The van der Waals surface area contributed by atoms with E-state index in [2.05, 4.69) is 25.4 Å². The van der Waals surface area contributed by atoms with Crippen LogP contribution in [0, 0.1) is 6.92 Å². The summed E-state index contributed by atoms with van der Waals surface area (Å²) in [5.74, 6) is 0.701. The smallest absolute Gasteiger partial charge is 0.332 e. The highest BCUT2D eigenvalue weighted by molar-refractivity contribution is 6.30. The van der Waals surface area contributed by atoms with E-state index >= 15 is 0 Å². The molecule has 11 heteroatoms. The third kappa shape index (κ3) is 4.12. The van der Waals surface area contributed by atoms with E-state index in [-0.39, 0.29) is 23.7 Å². The van der Waals surface area contributed by atoms with E-state index < -0.39 is 0 Å². The molecule has 0 atom stereocenters. The van der Waals surface area contributed by atoms with Gasteiger partial charge in [-0.1, -0.05) is 17.7 Å². The summed E-state index contributed by atoms with van der Waals surface area (Å²) in [5, 5.41) is 0.771. The molecule has 4 heterocycles. The average molecular weight is 506 g/mol. The number of hydrogen-bond donors (Lipinski definition) is 0. The van der Waals surface area contributed by atoms with Crippen LogP contribution in [0.15, 0.2) is 40.1 Å². The summed E-state index contributed by atoms with van der Waals surface area (Å²) in [4.78, 5) is 34.5. The van der Waals surface area contributed by atoms with Crippen molar-refractivity contribution in [2.24, 2.45) is 14.1 Å². The zero-order chi connectivity index (χ0) is 23.3. The molecule has 34 heavy (non-hydrogen) atoms. The first-order chi connectivity index (χ1) is 15.8. The number of fused-ring (bicyclic) bond motifs is 3. The molecular weight excluding hydrogens is 477 g/mol. The third-order valence-corrected chi connectivity index (χ3v) is 6.89. The molecular formula is C23H29Cl2N7O2. The van der Waals surface area contributed by atoms with Crippen molar-refractivity contribution >= 4 is 46.6 Å². The van der Waals surface area contributed by atoms with Crippen molar-refractivity contribution < 1.29 is 0 Å². The summed E-state index contributed by atoms with van der Waals surface area (Å²) in [5.41, 5.74) is 2.39. The largest absolute Gasteiger partial charge is 0.369 e. The van der Waals surface area contributed by atoms with Gasteiger partial charge in [-0.25, -0.2) is 4.79 Å². The fraction of sp³-hybridized carbons (Fsp3) is 0.435. The molecule has 1 aliphatic heterocycles. The quantitative estimate of drug-likeness (QED) is 0.416. The normalized spacial score (nSPS) is 14.8. The van der Waals surface area contributed by atoms with Gasteiger partial charge in [0.15, 0.2) is 11.2 Å². The van der Waals surface area contributed by atoms with Crippen LogP contribution in [-0.2, 0) is 20.6 Å². The standard InChI is InChI=1S/C23H28ClN7O2.ClH/c1-16-15-31-19-20(26(2)23(33)27(3)21(19)32)25-22(31)30(16)9-5-8-28-10-12-29(13-11-28)18-7-4-6-17(24)14-18;/h4,6-7,14-15H,5,8-13H2,1-3H3;1H. The first-order valence-corrected chi connectivity index (χ1v) is 11.6. The van der Waals surface area contributed by atoms with E-state index in [4.69, 9.17) is 11.6 Å². The number of imidazole rings is 2. The summed E-state index contributed by atoms with van der Waals surface area (Å²) >= 11 is 6.14. The van der Waals surface area contributed by atoms with Crippen LogP contribution in [0.2, 0.25) is 5.02 Å². The molecule has 1 aromatic carbocycles. The van der Waals surface area contributed by atoms with Gasteiger partial charge in [-0.2, -0.15) is 4.98 Å². The molecule has 0 saturated carbocycles. The molecule has 9 nitrogen and oxygen atoms in total. The summed E-state index contributed by atoms with van der Waals surface area (Å²) in [7, 11) is 3.15. The molecule has 4 aromatic rings. The number of nitrogens with zero attached hydrogens (tertiary/aromatic N) is 7. The predicted molar refractivity (Wildman–Crippen MR) is 138 cm³/mol. The highest BCUT2D eigenvalue weighted by Crippen LogP contribution is 2.21. The minimum atomic E-state index is -0.367. The second-order valence-electron chi connectivity index (χ2n) is 8.74. The van der Waals surface area contributed by atoms with Gasteiger partial charge in [0, 0.05) is 69.4 Å². The highest BCUT2D eigenvalue weighted by Gasteiger charge is 2.20. The molecule has 0 aliphatic carbocycles. The van der Waals surface area contributed by atoms with Gasteiger partial charge >= 0.3 is 5.69 Å². The molecule has 1 saturated heterocycles. The highest BCUT2D eigenvalue weighted by atomic mass is 35.5. The molecule has 3 aromatic heterocycles.